The van der Waals surface area contributed by atoms with E-state index in [4.69, 9.17) is 5.11 Å². The van der Waals surface area contributed by atoms with Crippen LogP contribution in [0.15, 0.2) is 18.2 Å². The van der Waals surface area contributed by atoms with E-state index in [1.54, 1.807) is 12.1 Å². The number of hydrogen-bond donors (Lipinski definition) is 3. The molecule has 0 saturated carbocycles. The minimum Gasteiger partial charge on any atom is -0.396 e. The number of carbonyl (C=O) groups excluding carboxylic acids is 1. The summed E-state index contributed by atoms with van der Waals surface area (Å²) in [5.74, 6) is -0.353. The highest BCUT2D eigenvalue weighted by Gasteiger charge is 2.16. The van der Waals surface area contributed by atoms with Crippen molar-refractivity contribution in [2.45, 2.75) is 25.7 Å². The number of unbranched alkanes of at least 4 members (excludes halogenated alkanes) is 3. The number of hydrogen-bond acceptors (Lipinski definition) is 5. The van der Waals surface area contributed by atoms with E-state index in [0.717, 1.165) is 25.7 Å². The van der Waals surface area contributed by atoms with Gasteiger partial charge in [-0.05, 0) is 25.0 Å². The minimum atomic E-state index is -0.499. The molecule has 0 unspecified atom stereocenters. The van der Waals surface area contributed by atoms with E-state index in [9.17, 15) is 14.9 Å². The average Bonchev–Trinajstić information content (AvgIpc) is 2.49. The number of rotatable bonds is 9. The van der Waals surface area contributed by atoms with E-state index in [1.165, 1.54) is 13.1 Å². The SMILES string of the molecule is CNC(=O)c1ccc(NCCCCCCO)c([N+](=O)[O-])c1. The third-order valence-corrected chi connectivity index (χ3v) is 3.08. The quantitative estimate of drug-likeness (QED) is 0.367. The number of carbonyl (C=O) groups is 1. The Morgan fingerprint density at radius 3 is 2.62 bits per heavy atom. The Hall–Kier alpha value is -2.15. The molecule has 0 spiro atoms. The Bertz CT molecular complexity index is 491. The maximum absolute atomic E-state index is 11.5. The maximum atomic E-state index is 11.5. The molecule has 1 aromatic rings. The van der Waals surface area contributed by atoms with Gasteiger partial charge in [0, 0.05) is 31.8 Å². The van der Waals surface area contributed by atoms with E-state index in [0.29, 0.717) is 12.2 Å². The van der Waals surface area contributed by atoms with Crippen molar-refractivity contribution in [3.63, 3.8) is 0 Å². The highest BCUT2D eigenvalue weighted by Crippen LogP contribution is 2.25. The second-order valence-corrected chi connectivity index (χ2v) is 4.63. The first-order valence-corrected chi connectivity index (χ1v) is 6.95. The average molecular weight is 295 g/mol. The molecule has 1 aromatic carbocycles. The fraction of sp³-hybridized carbons (Fsp3) is 0.500. The van der Waals surface area contributed by atoms with E-state index >= 15 is 0 Å². The predicted molar refractivity (Wildman–Crippen MR) is 80.5 cm³/mol. The van der Waals surface area contributed by atoms with Crippen molar-refractivity contribution in [2.75, 3.05) is 25.5 Å². The molecule has 0 atom stereocenters. The summed E-state index contributed by atoms with van der Waals surface area (Å²) in [5, 5.41) is 25.2. The standard InChI is InChI=1S/C14H21N3O4/c1-15-14(19)11-6-7-12(13(10-11)17(20)21)16-8-4-2-3-5-9-18/h6-7,10,16,18H,2-5,8-9H2,1H3,(H,15,19). The first-order chi connectivity index (χ1) is 10.1. The van der Waals surface area contributed by atoms with Gasteiger partial charge in [0.15, 0.2) is 0 Å². The zero-order valence-electron chi connectivity index (χ0n) is 12.1. The van der Waals surface area contributed by atoms with Gasteiger partial charge in [-0.25, -0.2) is 0 Å². The normalized spacial score (nSPS) is 10.2. The van der Waals surface area contributed by atoms with Gasteiger partial charge in [0.1, 0.15) is 5.69 Å². The fourth-order valence-electron chi connectivity index (χ4n) is 1.93. The lowest BCUT2D eigenvalue weighted by Gasteiger charge is -2.08. The first-order valence-electron chi connectivity index (χ1n) is 6.95. The van der Waals surface area contributed by atoms with Gasteiger partial charge in [-0.3, -0.25) is 14.9 Å². The Kier molecular flexibility index (Phi) is 7.17. The number of anilines is 1. The van der Waals surface area contributed by atoms with Crippen LogP contribution in [-0.4, -0.2) is 36.1 Å². The molecule has 3 N–H and O–H groups in total. The Morgan fingerprint density at radius 1 is 1.29 bits per heavy atom. The largest absolute Gasteiger partial charge is 0.396 e. The molecule has 0 aromatic heterocycles. The summed E-state index contributed by atoms with van der Waals surface area (Å²) in [6.45, 7) is 0.811. The lowest BCUT2D eigenvalue weighted by atomic mass is 10.1. The molecule has 1 rings (SSSR count). The highest BCUT2D eigenvalue weighted by atomic mass is 16.6. The molecular formula is C14H21N3O4. The summed E-state index contributed by atoms with van der Waals surface area (Å²) in [6, 6.07) is 4.38. The molecule has 21 heavy (non-hydrogen) atoms. The Balaban J connectivity index is 2.65. The van der Waals surface area contributed by atoms with Gasteiger partial charge in [-0.1, -0.05) is 12.8 Å². The number of aliphatic hydroxyl groups excluding tert-OH is 1. The summed E-state index contributed by atoms with van der Waals surface area (Å²) in [5.41, 5.74) is 0.568. The van der Waals surface area contributed by atoms with Gasteiger partial charge in [-0.15, -0.1) is 0 Å². The van der Waals surface area contributed by atoms with E-state index in [1.807, 2.05) is 0 Å². The van der Waals surface area contributed by atoms with Crippen LogP contribution in [0.25, 0.3) is 0 Å². The molecule has 1 amide bonds. The van der Waals surface area contributed by atoms with Crippen molar-refractivity contribution in [3.8, 4) is 0 Å². The van der Waals surface area contributed by atoms with Gasteiger partial charge >= 0.3 is 0 Å². The lowest BCUT2D eigenvalue weighted by Crippen LogP contribution is -2.18. The van der Waals surface area contributed by atoms with Gasteiger partial charge in [-0.2, -0.15) is 0 Å². The molecular weight excluding hydrogens is 274 g/mol. The van der Waals surface area contributed by atoms with Crippen molar-refractivity contribution in [1.29, 1.82) is 0 Å². The summed E-state index contributed by atoms with van der Waals surface area (Å²) < 4.78 is 0. The van der Waals surface area contributed by atoms with Crippen molar-refractivity contribution < 1.29 is 14.8 Å². The summed E-state index contributed by atoms with van der Waals surface area (Å²) >= 11 is 0. The molecule has 7 heteroatoms. The smallest absolute Gasteiger partial charge is 0.293 e. The molecule has 7 nitrogen and oxygen atoms in total. The maximum Gasteiger partial charge on any atom is 0.293 e. The zero-order valence-corrected chi connectivity index (χ0v) is 12.1. The Labute approximate surface area is 123 Å². The van der Waals surface area contributed by atoms with Crippen LogP contribution in [0.2, 0.25) is 0 Å². The number of nitro groups is 1. The van der Waals surface area contributed by atoms with Crippen LogP contribution in [0.1, 0.15) is 36.0 Å². The minimum absolute atomic E-state index is 0.105. The van der Waals surface area contributed by atoms with Crippen LogP contribution < -0.4 is 10.6 Å². The zero-order chi connectivity index (χ0) is 15.7. The monoisotopic (exact) mass is 295 g/mol. The first kappa shape index (κ1) is 16.9. The van der Waals surface area contributed by atoms with Crippen LogP contribution in [-0.2, 0) is 0 Å². The molecule has 0 saturated heterocycles. The summed E-state index contributed by atoms with van der Waals surface area (Å²) in [6.07, 6.45) is 3.54. The molecule has 0 heterocycles. The highest BCUT2D eigenvalue weighted by molar-refractivity contribution is 5.95. The molecule has 0 radical (unpaired) electrons. The molecule has 0 fully saturated rings. The number of nitrogens with one attached hydrogen (secondary N) is 2. The lowest BCUT2D eigenvalue weighted by molar-refractivity contribution is -0.384. The third kappa shape index (κ3) is 5.39. The van der Waals surface area contributed by atoms with Gasteiger partial charge in [0.05, 0.1) is 4.92 Å². The van der Waals surface area contributed by atoms with E-state index < -0.39 is 4.92 Å². The van der Waals surface area contributed by atoms with Crippen LogP contribution >= 0.6 is 0 Å². The van der Waals surface area contributed by atoms with Crippen LogP contribution in [0, 0.1) is 10.1 Å². The predicted octanol–water partition coefficient (Wildman–Crippen LogP) is 1.92. The molecule has 0 aliphatic heterocycles. The molecule has 0 aliphatic carbocycles. The second-order valence-electron chi connectivity index (χ2n) is 4.63. The second kappa shape index (κ2) is 8.91. The number of nitro benzene ring substituents is 1. The van der Waals surface area contributed by atoms with Crippen LogP contribution in [0.5, 0.6) is 0 Å². The Morgan fingerprint density at radius 2 is 2.00 bits per heavy atom. The van der Waals surface area contributed by atoms with Crippen molar-refractivity contribution >= 4 is 17.3 Å². The molecule has 0 bridgehead atoms. The number of aliphatic hydroxyl groups is 1. The van der Waals surface area contributed by atoms with Crippen molar-refractivity contribution in [2.24, 2.45) is 0 Å². The van der Waals surface area contributed by atoms with Crippen molar-refractivity contribution in [1.82, 2.24) is 5.32 Å². The fourth-order valence-corrected chi connectivity index (χ4v) is 1.93. The summed E-state index contributed by atoms with van der Waals surface area (Å²) in [7, 11) is 1.48. The number of nitrogens with zero attached hydrogens (tertiary/aromatic N) is 1. The molecule has 116 valence electrons. The van der Waals surface area contributed by atoms with Gasteiger partial charge in [0.25, 0.3) is 11.6 Å². The van der Waals surface area contributed by atoms with Crippen LogP contribution in [0.3, 0.4) is 0 Å². The van der Waals surface area contributed by atoms with Crippen molar-refractivity contribution in [3.05, 3.63) is 33.9 Å². The van der Waals surface area contributed by atoms with Gasteiger partial charge in [0.2, 0.25) is 0 Å². The topological polar surface area (TPSA) is 104 Å². The summed E-state index contributed by atoms with van der Waals surface area (Å²) in [4.78, 5) is 22.1. The van der Waals surface area contributed by atoms with Gasteiger partial charge < -0.3 is 15.7 Å². The van der Waals surface area contributed by atoms with E-state index in [-0.39, 0.29) is 23.8 Å². The van der Waals surface area contributed by atoms with E-state index in [2.05, 4.69) is 10.6 Å². The third-order valence-electron chi connectivity index (χ3n) is 3.08. The van der Waals surface area contributed by atoms with Crippen LogP contribution in [0.4, 0.5) is 11.4 Å². The number of amides is 1. The molecule has 0 aliphatic rings. The number of benzene rings is 1.